The van der Waals surface area contributed by atoms with E-state index in [1.165, 1.54) is 0 Å². The number of piperazine rings is 1. The molecule has 2 N–H and O–H groups in total. The highest BCUT2D eigenvalue weighted by molar-refractivity contribution is 5.82. The molecule has 6 nitrogen and oxygen atoms in total. The minimum Gasteiger partial charge on any atom is -0.449 e. The fourth-order valence-electron chi connectivity index (χ4n) is 2.35. The third-order valence-corrected chi connectivity index (χ3v) is 3.62. The average molecular weight is 299 g/mol. The molecule has 0 saturated carbocycles. The quantitative estimate of drug-likeness (QED) is 0.753. The standard InChI is InChI=1S/C15H29N3O3/c1-4-5-10-21-15(20)18-8-6-17(7-9-18)14(19)13(16)11-12(2)3/h12-13H,4-11,16H2,1-3H3/t13-/m0/s1. The average Bonchev–Trinajstić information content (AvgIpc) is 2.46. The summed E-state index contributed by atoms with van der Waals surface area (Å²) in [6, 6.07) is -0.437. The number of hydrogen-bond donors (Lipinski definition) is 1. The van der Waals surface area contributed by atoms with Gasteiger partial charge in [0.05, 0.1) is 12.6 Å². The van der Waals surface area contributed by atoms with E-state index in [1.807, 2.05) is 0 Å². The molecule has 21 heavy (non-hydrogen) atoms. The monoisotopic (exact) mass is 299 g/mol. The van der Waals surface area contributed by atoms with Gasteiger partial charge >= 0.3 is 6.09 Å². The van der Waals surface area contributed by atoms with E-state index < -0.39 is 6.04 Å². The number of carbonyl (C=O) groups is 2. The number of nitrogens with two attached hydrogens (primary N) is 1. The Labute approximate surface area is 127 Å². The van der Waals surface area contributed by atoms with Crippen molar-refractivity contribution in [3.8, 4) is 0 Å². The molecule has 1 atom stereocenters. The van der Waals surface area contributed by atoms with Crippen LogP contribution in [0.2, 0.25) is 0 Å². The molecule has 2 amide bonds. The SMILES string of the molecule is CCCCOC(=O)N1CCN(C(=O)[C@@H](N)CC(C)C)CC1. The van der Waals surface area contributed by atoms with Gasteiger partial charge in [0.2, 0.25) is 5.91 Å². The van der Waals surface area contributed by atoms with Crippen LogP contribution in [-0.2, 0) is 9.53 Å². The molecule has 0 spiro atoms. The molecule has 0 aliphatic carbocycles. The number of carbonyl (C=O) groups excluding carboxylic acids is 2. The second-order valence-corrected chi connectivity index (χ2v) is 6.02. The van der Waals surface area contributed by atoms with Crippen molar-refractivity contribution < 1.29 is 14.3 Å². The summed E-state index contributed by atoms with van der Waals surface area (Å²) in [4.78, 5) is 27.4. The van der Waals surface area contributed by atoms with E-state index in [-0.39, 0.29) is 12.0 Å². The fourth-order valence-corrected chi connectivity index (χ4v) is 2.35. The van der Waals surface area contributed by atoms with Gasteiger partial charge in [-0.05, 0) is 18.8 Å². The second kappa shape index (κ2) is 8.87. The van der Waals surface area contributed by atoms with Crippen LogP contribution in [0.4, 0.5) is 4.79 Å². The summed E-state index contributed by atoms with van der Waals surface area (Å²) >= 11 is 0. The van der Waals surface area contributed by atoms with Crippen LogP contribution < -0.4 is 5.73 Å². The molecule has 0 bridgehead atoms. The summed E-state index contributed by atoms with van der Waals surface area (Å²) in [5.74, 6) is 0.390. The minimum absolute atomic E-state index is 0.0114. The van der Waals surface area contributed by atoms with Crippen LogP contribution in [0.5, 0.6) is 0 Å². The van der Waals surface area contributed by atoms with Gasteiger partial charge in [-0.25, -0.2) is 4.79 Å². The maximum atomic E-state index is 12.2. The molecule has 0 aromatic carbocycles. The molecule has 1 saturated heterocycles. The lowest BCUT2D eigenvalue weighted by Crippen LogP contribution is -2.54. The molecule has 0 unspecified atom stereocenters. The van der Waals surface area contributed by atoms with Crippen molar-refractivity contribution in [2.45, 2.75) is 46.1 Å². The second-order valence-electron chi connectivity index (χ2n) is 6.02. The van der Waals surface area contributed by atoms with Crippen molar-refractivity contribution in [3.05, 3.63) is 0 Å². The van der Waals surface area contributed by atoms with Gasteiger partial charge in [0.25, 0.3) is 0 Å². The van der Waals surface area contributed by atoms with Crippen molar-refractivity contribution in [3.63, 3.8) is 0 Å². The predicted molar refractivity (Wildman–Crippen MR) is 81.8 cm³/mol. The van der Waals surface area contributed by atoms with Gasteiger partial charge in [0, 0.05) is 26.2 Å². The third-order valence-electron chi connectivity index (χ3n) is 3.62. The highest BCUT2D eigenvalue weighted by atomic mass is 16.6. The number of rotatable bonds is 6. The molecule has 1 heterocycles. The van der Waals surface area contributed by atoms with Crippen molar-refractivity contribution in [2.24, 2.45) is 11.7 Å². The van der Waals surface area contributed by atoms with Crippen molar-refractivity contribution in [1.29, 1.82) is 0 Å². The van der Waals surface area contributed by atoms with Gasteiger partial charge < -0.3 is 20.3 Å². The number of hydrogen-bond acceptors (Lipinski definition) is 4. The number of amides is 2. The van der Waals surface area contributed by atoms with E-state index in [4.69, 9.17) is 10.5 Å². The maximum absolute atomic E-state index is 12.2. The molecule has 1 fully saturated rings. The van der Waals surface area contributed by atoms with E-state index in [2.05, 4.69) is 20.8 Å². The van der Waals surface area contributed by atoms with Crippen LogP contribution >= 0.6 is 0 Å². The Morgan fingerprint density at radius 3 is 2.24 bits per heavy atom. The van der Waals surface area contributed by atoms with Crippen molar-refractivity contribution in [2.75, 3.05) is 32.8 Å². The first kappa shape index (κ1) is 17.8. The van der Waals surface area contributed by atoms with E-state index in [0.717, 1.165) is 12.8 Å². The lowest BCUT2D eigenvalue weighted by molar-refractivity contribution is -0.134. The molecule has 1 rings (SSSR count). The first-order valence-corrected chi connectivity index (χ1v) is 7.91. The zero-order valence-electron chi connectivity index (χ0n) is 13.5. The van der Waals surface area contributed by atoms with Gasteiger partial charge in [-0.3, -0.25) is 4.79 Å². The largest absolute Gasteiger partial charge is 0.449 e. The molecular formula is C15H29N3O3. The molecule has 122 valence electrons. The fraction of sp³-hybridized carbons (Fsp3) is 0.867. The lowest BCUT2D eigenvalue weighted by Gasteiger charge is -2.35. The Morgan fingerprint density at radius 1 is 1.14 bits per heavy atom. The highest BCUT2D eigenvalue weighted by Gasteiger charge is 2.27. The maximum Gasteiger partial charge on any atom is 0.409 e. The zero-order valence-corrected chi connectivity index (χ0v) is 13.5. The topological polar surface area (TPSA) is 75.9 Å². The van der Waals surface area contributed by atoms with E-state index in [0.29, 0.717) is 45.1 Å². The Kier molecular flexibility index (Phi) is 7.50. The van der Waals surface area contributed by atoms with Crippen LogP contribution in [0.3, 0.4) is 0 Å². The Morgan fingerprint density at radius 2 is 1.71 bits per heavy atom. The van der Waals surface area contributed by atoms with Crippen LogP contribution in [0.1, 0.15) is 40.0 Å². The molecule has 1 aliphatic rings. The van der Waals surface area contributed by atoms with Crippen LogP contribution in [0.25, 0.3) is 0 Å². The van der Waals surface area contributed by atoms with E-state index >= 15 is 0 Å². The highest BCUT2D eigenvalue weighted by Crippen LogP contribution is 2.09. The lowest BCUT2D eigenvalue weighted by atomic mass is 10.0. The summed E-state index contributed by atoms with van der Waals surface area (Å²) < 4.78 is 5.18. The first-order chi connectivity index (χ1) is 9.95. The Hall–Kier alpha value is -1.30. The smallest absolute Gasteiger partial charge is 0.409 e. The number of nitrogens with zero attached hydrogens (tertiary/aromatic N) is 2. The molecule has 1 aliphatic heterocycles. The van der Waals surface area contributed by atoms with Gasteiger partial charge in [0.15, 0.2) is 0 Å². The minimum atomic E-state index is -0.437. The van der Waals surface area contributed by atoms with Crippen LogP contribution in [0, 0.1) is 5.92 Å². The summed E-state index contributed by atoms with van der Waals surface area (Å²) in [7, 11) is 0. The summed E-state index contributed by atoms with van der Waals surface area (Å²) in [5.41, 5.74) is 5.93. The van der Waals surface area contributed by atoms with E-state index in [1.54, 1.807) is 9.80 Å². The predicted octanol–water partition coefficient (Wildman–Crippen LogP) is 1.44. The third kappa shape index (κ3) is 5.91. The van der Waals surface area contributed by atoms with Gasteiger partial charge in [0.1, 0.15) is 0 Å². The Balaban J connectivity index is 2.34. The van der Waals surface area contributed by atoms with Crippen molar-refractivity contribution >= 4 is 12.0 Å². The van der Waals surface area contributed by atoms with Gasteiger partial charge in [-0.2, -0.15) is 0 Å². The Bertz CT molecular complexity index is 339. The van der Waals surface area contributed by atoms with Crippen LogP contribution in [-0.4, -0.2) is 60.6 Å². The summed E-state index contributed by atoms with van der Waals surface area (Å²) in [5, 5.41) is 0. The molecule has 0 aromatic rings. The zero-order chi connectivity index (χ0) is 15.8. The number of ether oxygens (including phenoxy) is 1. The van der Waals surface area contributed by atoms with Crippen LogP contribution in [0.15, 0.2) is 0 Å². The first-order valence-electron chi connectivity index (χ1n) is 7.91. The molecular weight excluding hydrogens is 270 g/mol. The number of unbranched alkanes of at least 4 members (excludes halogenated alkanes) is 1. The summed E-state index contributed by atoms with van der Waals surface area (Å²) in [6.07, 6.45) is 2.30. The molecule has 6 heteroatoms. The van der Waals surface area contributed by atoms with Gasteiger partial charge in [-0.1, -0.05) is 27.2 Å². The van der Waals surface area contributed by atoms with Crippen molar-refractivity contribution in [1.82, 2.24) is 9.80 Å². The molecule has 0 aromatic heterocycles. The van der Waals surface area contributed by atoms with Gasteiger partial charge in [-0.15, -0.1) is 0 Å². The normalized spacial score (nSPS) is 17.0. The summed E-state index contributed by atoms with van der Waals surface area (Å²) in [6.45, 7) is 8.73. The van der Waals surface area contributed by atoms with E-state index in [9.17, 15) is 9.59 Å². The molecule has 0 radical (unpaired) electrons.